The van der Waals surface area contributed by atoms with Gasteiger partial charge in [-0.05, 0) is 24.1 Å². The van der Waals surface area contributed by atoms with Crippen LogP contribution in [0.15, 0.2) is 41.3 Å². The highest BCUT2D eigenvalue weighted by Gasteiger charge is 2.04. The van der Waals surface area contributed by atoms with Gasteiger partial charge in [-0.2, -0.15) is 0 Å². The summed E-state index contributed by atoms with van der Waals surface area (Å²) in [5.74, 6) is -0.361. The molecule has 5 heteroatoms. The lowest BCUT2D eigenvalue weighted by atomic mass is 10.1. The van der Waals surface area contributed by atoms with Gasteiger partial charge in [-0.1, -0.05) is 12.1 Å². The highest BCUT2D eigenvalue weighted by atomic mass is 19.1. The first-order valence-corrected chi connectivity index (χ1v) is 5.62. The summed E-state index contributed by atoms with van der Waals surface area (Å²) in [5, 5.41) is 2.77. The van der Waals surface area contributed by atoms with Crippen LogP contribution in [0.2, 0.25) is 0 Å². The molecule has 1 aromatic heterocycles. The summed E-state index contributed by atoms with van der Waals surface area (Å²) >= 11 is 0. The van der Waals surface area contributed by atoms with Crippen LogP contribution < -0.4 is 5.32 Å². The second-order valence-electron chi connectivity index (χ2n) is 3.88. The molecule has 0 saturated carbocycles. The number of amides is 1. The monoisotopic (exact) mass is 248 g/mol. The van der Waals surface area contributed by atoms with Gasteiger partial charge in [-0.15, -0.1) is 0 Å². The highest BCUT2D eigenvalue weighted by molar-refractivity contribution is 5.77. The van der Waals surface area contributed by atoms with Gasteiger partial charge in [0, 0.05) is 6.54 Å². The molecule has 4 nitrogen and oxygen atoms in total. The van der Waals surface area contributed by atoms with E-state index in [0.717, 1.165) is 5.56 Å². The number of benzene rings is 1. The van der Waals surface area contributed by atoms with E-state index in [0.29, 0.717) is 18.7 Å². The fourth-order valence-electron chi connectivity index (χ4n) is 1.55. The zero-order valence-corrected chi connectivity index (χ0v) is 9.73. The predicted octanol–water partition coefficient (Wildman–Crippen LogP) is 1.72. The Kier molecular flexibility index (Phi) is 4.06. The van der Waals surface area contributed by atoms with Crippen molar-refractivity contribution in [1.29, 1.82) is 0 Å². The van der Waals surface area contributed by atoms with Crippen LogP contribution in [0.4, 0.5) is 4.39 Å². The number of hydrogen-bond donors (Lipinski definition) is 1. The Morgan fingerprint density at radius 1 is 1.33 bits per heavy atom. The average molecular weight is 248 g/mol. The minimum Gasteiger partial charge on any atom is -0.451 e. The van der Waals surface area contributed by atoms with Gasteiger partial charge < -0.3 is 9.73 Å². The van der Waals surface area contributed by atoms with Crippen molar-refractivity contribution in [3.8, 4) is 0 Å². The number of nitrogens with zero attached hydrogens (tertiary/aromatic N) is 1. The van der Waals surface area contributed by atoms with Crippen LogP contribution in [0, 0.1) is 5.82 Å². The molecule has 0 fully saturated rings. The smallest absolute Gasteiger partial charge is 0.226 e. The van der Waals surface area contributed by atoms with Crippen LogP contribution in [0.1, 0.15) is 11.3 Å². The maximum absolute atomic E-state index is 12.7. The quantitative estimate of drug-likeness (QED) is 0.876. The van der Waals surface area contributed by atoms with Crippen LogP contribution >= 0.6 is 0 Å². The van der Waals surface area contributed by atoms with E-state index in [1.165, 1.54) is 24.8 Å². The van der Waals surface area contributed by atoms with E-state index < -0.39 is 0 Å². The number of carbonyl (C=O) groups excluding carboxylic acids is 1. The van der Waals surface area contributed by atoms with Crippen molar-refractivity contribution in [2.75, 3.05) is 6.54 Å². The van der Waals surface area contributed by atoms with E-state index in [2.05, 4.69) is 10.3 Å². The molecule has 2 rings (SSSR count). The first kappa shape index (κ1) is 12.3. The van der Waals surface area contributed by atoms with Gasteiger partial charge in [-0.3, -0.25) is 4.79 Å². The van der Waals surface area contributed by atoms with Crippen molar-refractivity contribution in [3.63, 3.8) is 0 Å². The molecule has 0 aliphatic carbocycles. The average Bonchev–Trinajstić information content (AvgIpc) is 2.84. The lowest BCUT2D eigenvalue weighted by Crippen LogP contribution is -2.27. The third kappa shape index (κ3) is 3.69. The van der Waals surface area contributed by atoms with E-state index >= 15 is 0 Å². The minimum absolute atomic E-state index is 0.106. The van der Waals surface area contributed by atoms with Gasteiger partial charge in [0.05, 0.1) is 12.1 Å². The van der Waals surface area contributed by atoms with Crippen molar-refractivity contribution >= 4 is 5.91 Å². The zero-order chi connectivity index (χ0) is 12.8. The zero-order valence-electron chi connectivity index (χ0n) is 9.73. The lowest BCUT2D eigenvalue weighted by Gasteiger charge is -2.04. The summed E-state index contributed by atoms with van der Waals surface area (Å²) in [6.07, 6.45) is 3.62. The van der Waals surface area contributed by atoms with Crippen LogP contribution in [0.25, 0.3) is 0 Å². The van der Waals surface area contributed by atoms with Crippen LogP contribution in [-0.4, -0.2) is 17.4 Å². The summed E-state index contributed by atoms with van der Waals surface area (Å²) in [6, 6.07) is 6.23. The normalized spacial score (nSPS) is 10.3. The van der Waals surface area contributed by atoms with Crippen molar-refractivity contribution in [1.82, 2.24) is 10.3 Å². The Morgan fingerprint density at radius 3 is 2.78 bits per heavy atom. The Hall–Kier alpha value is -2.17. The fourth-order valence-corrected chi connectivity index (χ4v) is 1.55. The SMILES string of the molecule is O=C(Cc1cocn1)NCCc1ccc(F)cc1. The molecule has 1 aromatic carbocycles. The van der Waals surface area contributed by atoms with Gasteiger partial charge in [-0.25, -0.2) is 9.37 Å². The van der Waals surface area contributed by atoms with Crippen molar-refractivity contribution in [2.24, 2.45) is 0 Å². The Morgan fingerprint density at radius 2 is 2.11 bits per heavy atom. The molecule has 94 valence electrons. The van der Waals surface area contributed by atoms with E-state index in [1.54, 1.807) is 12.1 Å². The largest absolute Gasteiger partial charge is 0.451 e. The number of oxazole rings is 1. The molecule has 0 unspecified atom stereocenters. The van der Waals surface area contributed by atoms with Gasteiger partial charge in [0.1, 0.15) is 12.1 Å². The molecule has 1 N–H and O–H groups in total. The molecule has 0 aliphatic rings. The van der Waals surface area contributed by atoms with E-state index in [9.17, 15) is 9.18 Å². The van der Waals surface area contributed by atoms with Gasteiger partial charge in [0.15, 0.2) is 6.39 Å². The molecule has 0 bridgehead atoms. The summed E-state index contributed by atoms with van der Waals surface area (Å²) in [5.41, 5.74) is 1.59. The summed E-state index contributed by atoms with van der Waals surface area (Å²) < 4.78 is 17.4. The molecule has 0 atom stereocenters. The van der Waals surface area contributed by atoms with Gasteiger partial charge in [0.25, 0.3) is 0 Å². The topological polar surface area (TPSA) is 55.1 Å². The highest BCUT2D eigenvalue weighted by Crippen LogP contribution is 2.02. The molecule has 1 amide bonds. The first-order valence-electron chi connectivity index (χ1n) is 5.62. The number of carbonyl (C=O) groups is 1. The second kappa shape index (κ2) is 5.95. The third-order valence-corrected chi connectivity index (χ3v) is 2.47. The van der Waals surface area contributed by atoms with Crippen molar-refractivity contribution in [3.05, 3.63) is 54.0 Å². The fraction of sp³-hybridized carbons (Fsp3) is 0.231. The Balaban J connectivity index is 1.72. The van der Waals surface area contributed by atoms with Gasteiger partial charge >= 0.3 is 0 Å². The third-order valence-electron chi connectivity index (χ3n) is 2.47. The standard InChI is InChI=1S/C13H13FN2O2/c14-11-3-1-10(2-4-11)5-6-15-13(17)7-12-8-18-9-16-12/h1-4,8-9H,5-7H2,(H,15,17). The van der Waals surface area contributed by atoms with Crippen molar-refractivity contribution in [2.45, 2.75) is 12.8 Å². The number of aromatic nitrogens is 1. The van der Waals surface area contributed by atoms with Crippen LogP contribution in [-0.2, 0) is 17.6 Å². The molecule has 0 saturated heterocycles. The van der Waals surface area contributed by atoms with Crippen LogP contribution in [0.3, 0.4) is 0 Å². The second-order valence-corrected chi connectivity index (χ2v) is 3.88. The summed E-state index contributed by atoms with van der Waals surface area (Å²) in [4.78, 5) is 15.4. The maximum atomic E-state index is 12.7. The molecule has 1 heterocycles. The maximum Gasteiger partial charge on any atom is 0.226 e. The molecule has 0 aliphatic heterocycles. The minimum atomic E-state index is -0.256. The van der Waals surface area contributed by atoms with Crippen LogP contribution in [0.5, 0.6) is 0 Å². The molecule has 0 spiro atoms. The summed E-state index contributed by atoms with van der Waals surface area (Å²) in [6.45, 7) is 0.516. The molecule has 18 heavy (non-hydrogen) atoms. The van der Waals surface area contributed by atoms with Crippen molar-refractivity contribution < 1.29 is 13.6 Å². The molecular formula is C13H13FN2O2. The predicted molar refractivity (Wildman–Crippen MR) is 63.3 cm³/mol. The van der Waals surface area contributed by atoms with E-state index in [4.69, 9.17) is 4.42 Å². The Labute approximate surface area is 104 Å². The lowest BCUT2D eigenvalue weighted by molar-refractivity contribution is -0.120. The number of halogens is 1. The number of nitrogens with one attached hydrogen (secondary N) is 1. The first-order chi connectivity index (χ1) is 8.74. The molecule has 0 radical (unpaired) electrons. The molecular weight excluding hydrogens is 235 g/mol. The van der Waals surface area contributed by atoms with Gasteiger partial charge in [0.2, 0.25) is 5.91 Å². The Bertz CT molecular complexity index is 494. The summed E-state index contributed by atoms with van der Waals surface area (Å²) in [7, 11) is 0. The van der Waals surface area contributed by atoms with E-state index in [-0.39, 0.29) is 18.1 Å². The van der Waals surface area contributed by atoms with E-state index in [1.807, 2.05) is 0 Å². The number of hydrogen-bond acceptors (Lipinski definition) is 3. The number of rotatable bonds is 5. The molecule has 2 aromatic rings.